The van der Waals surface area contributed by atoms with Gasteiger partial charge in [-0.3, -0.25) is 4.79 Å². The molecule has 2 nitrogen and oxygen atoms in total. The summed E-state index contributed by atoms with van der Waals surface area (Å²) in [6.07, 6.45) is 8.48. The minimum atomic E-state index is 0.243. The minimum absolute atomic E-state index is 0.243. The summed E-state index contributed by atoms with van der Waals surface area (Å²) >= 11 is 3.48. The molecule has 0 N–H and O–H groups in total. The third-order valence-electron chi connectivity index (χ3n) is 4.14. The van der Waals surface area contributed by atoms with Crippen LogP contribution in [-0.2, 0) is 11.3 Å². The highest BCUT2D eigenvalue weighted by molar-refractivity contribution is 9.10. The van der Waals surface area contributed by atoms with E-state index in [0.717, 1.165) is 17.3 Å². The van der Waals surface area contributed by atoms with E-state index in [0.29, 0.717) is 12.5 Å². The van der Waals surface area contributed by atoms with Crippen molar-refractivity contribution in [3.05, 3.63) is 34.3 Å². The van der Waals surface area contributed by atoms with Crippen LogP contribution in [0.4, 0.5) is 0 Å². The molecule has 0 saturated heterocycles. The van der Waals surface area contributed by atoms with Crippen LogP contribution in [0.2, 0.25) is 0 Å². The van der Waals surface area contributed by atoms with Gasteiger partial charge in [-0.15, -0.1) is 0 Å². The van der Waals surface area contributed by atoms with Gasteiger partial charge in [0.2, 0.25) is 5.91 Å². The van der Waals surface area contributed by atoms with Crippen molar-refractivity contribution in [2.75, 3.05) is 7.05 Å². The number of benzene rings is 1. The molecule has 0 heterocycles. The van der Waals surface area contributed by atoms with Crippen molar-refractivity contribution in [3.8, 4) is 0 Å². The molecule has 1 aromatic carbocycles. The molecule has 1 aromatic rings. The molecule has 0 aromatic heterocycles. The molecule has 3 heteroatoms. The Morgan fingerprint density at radius 1 is 1.20 bits per heavy atom. The predicted octanol–water partition coefficient (Wildman–Crippen LogP) is 4.77. The number of rotatable bonds is 3. The Morgan fingerprint density at radius 2 is 1.85 bits per heavy atom. The summed E-state index contributed by atoms with van der Waals surface area (Å²) in [5.74, 6) is 0.569. The van der Waals surface area contributed by atoms with E-state index in [1.54, 1.807) is 0 Å². The molecule has 0 bridgehead atoms. The van der Waals surface area contributed by atoms with Gasteiger partial charge in [-0.1, -0.05) is 60.2 Å². The van der Waals surface area contributed by atoms with Gasteiger partial charge in [0.1, 0.15) is 0 Å². The molecule has 1 fully saturated rings. The fourth-order valence-electron chi connectivity index (χ4n) is 3.00. The first-order chi connectivity index (χ1) is 9.66. The van der Waals surface area contributed by atoms with Crippen LogP contribution in [0, 0.1) is 5.92 Å². The summed E-state index contributed by atoms with van der Waals surface area (Å²) in [6, 6.07) is 8.20. The van der Waals surface area contributed by atoms with Crippen LogP contribution in [0.5, 0.6) is 0 Å². The largest absolute Gasteiger partial charge is 0.341 e. The Kier molecular flexibility index (Phi) is 6.08. The fraction of sp³-hybridized carbons (Fsp3) is 0.588. The first-order valence-corrected chi connectivity index (χ1v) is 8.45. The zero-order chi connectivity index (χ0) is 14.4. The van der Waals surface area contributed by atoms with Crippen LogP contribution in [0.25, 0.3) is 0 Å². The molecule has 1 saturated carbocycles. The SMILES string of the molecule is CN(Cc1cccc(Br)c1)C(=O)C1CCCCCCC1. The number of hydrogen-bond acceptors (Lipinski definition) is 1. The fourth-order valence-corrected chi connectivity index (χ4v) is 3.45. The third-order valence-corrected chi connectivity index (χ3v) is 4.63. The molecule has 0 spiro atoms. The predicted molar refractivity (Wildman–Crippen MR) is 86.4 cm³/mol. The van der Waals surface area contributed by atoms with Gasteiger partial charge in [-0.2, -0.15) is 0 Å². The second-order valence-corrected chi connectivity index (χ2v) is 6.78. The summed E-state index contributed by atoms with van der Waals surface area (Å²) in [5.41, 5.74) is 1.18. The highest BCUT2D eigenvalue weighted by Gasteiger charge is 2.22. The smallest absolute Gasteiger partial charge is 0.225 e. The van der Waals surface area contributed by atoms with Crippen molar-refractivity contribution in [1.29, 1.82) is 0 Å². The van der Waals surface area contributed by atoms with Crippen molar-refractivity contribution in [2.45, 2.75) is 51.5 Å². The van der Waals surface area contributed by atoms with Crippen LogP contribution >= 0.6 is 15.9 Å². The summed E-state index contributed by atoms with van der Waals surface area (Å²) in [7, 11) is 1.93. The first kappa shape index (κ1) is 15.6. The van der Waals surface area contributed by atoms with Crippen molar-refractivity contribution in [2.24, 2.45) is 5.92 Å². The molecule has 0 unspecified atom stereocenters. The van der Waals surface area contributed by atoms with E-state index in [-0.39, 0.29) is 5.92 Å². The summed E-state index contributed by atoms with van der Waals surface area (Å²) in [4.78, 5) is 14.5. The highest BCUT2D eigenvalue weighted by Crippen LogP contribution is 2.24. The van der Waals surface area contributed by atoms with Crippen molar-refractivity contribution < 1.29 is 4.79 Å². The third kappa shape index (κ3) is 4.62. The Bertz CT molecular complexity index is 438. The molecular formula is C17H24BrNO. The Labute approximate surface area is 130 Å². The molecule has 1 amide bonds. The standard InChI is InChI=1S/C17H24BrNO/c1-19(13-14-8-7-11-16(18)12-14)17(20)15-9-5-3-2-4-6-10-15/h7-8,11-12,15H,2-6,9-10,13H2,1H3. The number of nitrogens with zero attached hydrogens (tertiary/aromatic N) is 1. The zero-order valence-electron chi connectivity index (χ0n) is 12.3. The van der Waals surface area contributed by atoms with E-state index < -0.39 is 0 Å². The molecule has 0 atom stereocenters. The molecular weight excluding hydrogens is 314 g/mol. The van der Waals surface area contributed by atoms with Gasteiger partial charge in [0, 0.05) is 24.0 Å². The number of amides is 1. The molecule has 0 aliphatic heterocycles. The summed E-state index contributed by atoms with van der Waals surface area (Å²) < 4.78 is 1.07. The van der Waals surface area contributed by atoms with E-state index in [1.165, 1.54) is 37.7 Å². The monoisotopic (exact) mass is 337 g/mol. The molecule has 110 valence electrons. The Balaban J connectivity index is 1.93. The highest BCUT2D eigenvalue weighted by atomic mass is 79.9. The number of carbonyl (C=O) groups excluding carboxylic acids is 1. The van der Waals surface area contributed by atoms with Crippen molar-refractivity contribution >= 4 is 21.8 Å². The maximum absolute atomic E-state index is 12.6. The maximum atomic E-state index is 12.6. The van der Waals surface area contributed by atoms with Crippen LogP contribution in [0.3, 0.4) is 0 Å². The average Bonchev–Trinajstić information content (AvgIpc) is 2.37. The lowest BCUT2D eigenvalue weighted by atomic mass is 9.90. The van der Waals surface area contributed by atoms with E-state index >= 15 is 0 Å². The van der Waals surface area contributed by atoms with Gasteiger partial charge in [0.05, 0.1) is 0 Å². The van der Waals surface area contributed by atoms with Crippen molar-refractivity contribution in [3.63, 3.8) is 0 Å². The van der Waals surface area contributed by atoms with Gasteiger partial charge in [-0.05, 0) is 30.5 Å². The minimum Gasteiger partial charge on any atom is -0.341 e. The number of halogens is 1. The average molecular weight is 338 g/mol. The lowest BCUT2D eigenvalue weighted by molar-refractivity contribution is -0.135. The van der Waals surface area contributed by atoms with Crippen LogP contribution < -0.4 is 0 Å². The van der Waals surface area contributed by atoms with E-state index in [1.807, 2.05) is 24.1 Å². The zero-order valence-corrected chi connectivity index (χ0v) is 13.9. The van der Waals surface area contributed by atoms with Crippen molar-refractivity contribution in [1.82, 2.24) is 4.90 Å². The van der Waals surface area contributed by atoms with E-state index in [2.05, 4.69) is 28.1 Å². The van der Waals surface area contributed by atoms with Crippen LogP contribution in [-0.4, -0.2) is 17.9 Å². The Morgan fingerprint density at radius 3 is 2.50 bits per heavy atom. The van der Waals surface area contributed by atoms with Gasteiger partial charge in [-0.25, -0.2) is 0 Å². The number of hydrogen-bond donors (Lipinski definition) is 0. The topological polar surface area (TPSA) is 20.3 Å². The van der Waals surface area contributed by atoms with E-state index in [9.17, 15) is 4.79 Å². The lowest BCUT2D eigenvalue weighted by Crippen LogP contribution is -2.32. The van der Waals surface area contributed by atoms with Gasteiger partial charge < -0.3 is 4.90 Å². The molecule has 0 radical (unpaired) electrons. The normalized spacial score (nSPS) is 17.3. The molecule has 1 aliphatic carbocycles. The molecule has 1 aliphatic rings. The van der Waals surface area contributed by atoms with Gasteiger partial charge in [0.15, 0.2) is 0 Å². The van der Waals surface area contributed by atoms with Gasteiger partial charge in [0.25, 0.3) is 0 Å². The quantitative estimate of drug-likeness (QED) is 0.777. The molecule has 20 heavy (non-hydrogen) atoms. The van der Waals surface area contributed by atoms with Crippen LogP contribution in [0.1, 0.15) is 50.5 Å². The lowest BCUT2D eigenvalue weighted by Gasteiger charge is -2.25. The van der Waals surface area contributed by atoms with Gasteiger partial charge >= 0.3 is 0 Å². The van der Waals surface area contributed by atoms with Crippen LogP contribution in [0.15, 0.2) is 28.7 Å². The second-order valence-electron chi connectivity index (χ2n) is 5.87. The van der Waals surface area contributed by atoms with E-state index in [4.69, 9.17) is 0 Å². The molecule has 2 rings (SSSR count). The summed E-state index contributed by atoms with van der Waals surface area (Å²) in [5, 5.41) is 0. The second kappa shape index (κ2) is 7.82. The summed E-state index contributed by atoms with van der Waals surface area (Å²) in [6.45, 7) is 0.703. The first-order valence-electron chi connectivity index (χ1n) is 7.66. The Hall–Kier alpha value is -0.830. The maximum Gasteiger partial charge on any atom is 0.225 e. The number of carbonyl (C=O) groups is 1.